The number of allylic oxidation sites excluding steroid dienone is 1. The number of rotatable bonds is 55. The molecule has 2 saturated carbocycles. The van der Waals surface area contributed by atoms with Gasteiger partial charge in [-0.15, -0.1) is 11.1 Å². The number of anilines is 2. The van der Waals surface area contributed by atoms with Gasteiger partial charge in [-0.1, -0.05) is 122 Å². The minimum absolute atomic E-state index is 0.0277. The number of Topliss-reactive ketones (excluding diaryl/α,β-unsaturated/α-hetero) is 1. The number of hydrazine groups is 4. The van der Waals surface area contributed by atoms with Crippen molar-refractivity contribution in [2.24, 2.45) is 40.2 Å². The van der Waals surface area contributed by atoms with Crippen molar-refractivity contribution in [3.63, 3.8) is 0 Å². The molecule has 19 N–H and O–H groups in total. The lowest BCUT2D eigenvalue weighted by atomic mass is 9.49. The van der Waals surface area contributed by atoms with Gasteiger partial charge in [0.15, 0.2) is 12.0 Å². The molecule has 1 unspecified atom stereocenters. The molecule has 0 aromatic heterocycles. The Bertz CT molecular complexity index is 5190. The van der Waals surface area contributed by atoms with E-state index in [0.717, 1.165) is 103 Å². The Labute approximate surface area is 861 Å². The number of imide groups is 1. The second-order valence-corrected chi connectivity index (χ2v) is 41.4. The lowest BCUT2D eigenvalue weighted by molar-refractivity contribution is -0.266. The number of hydrogen-bond acceptors (Lipinski definition) is 31. The van der Waals surface area contributed by atoms with E-state index in [-0.39, 0.29) is 177 Å². The first-order valence-corrected chi connectivity index (χ1v) is 52.9. The van der Waals surface area contributed by atoms with Crippen molar-refractivity contribution >= 4 is 81.8 Å². The smallest absolute Gasteiger partial charge is 0.312 e. The first kappa shape index (κ1) is 114. The number of fused-ring (bicyclic) bond motifs is 10. The number of aryl methyl sites for hydroxylation is 2. The summed E-state index contributed by atoms with van der Waals surface area (Å²) in [5, 5.41) is 79.5. The quantitative estimate of drug-likeness (QED) is 0.0188. The molecule has 4 aromatic rings. The predicted octanol–water partition coefficient (Wildman–Crippen LogP) is 5.64. The maximum Gasteiger partial charge on any atom is 0.312 e. The Kier molecular flexibility index (Phi) is 42.5. The van der Waals surface area contributed by atoms with Crippen LogP contribution in [0.3, 0.4) is 0 Å². The van der Waals surface area contributed by atoms with Crippen LogP contribution >= 0.6 is 0 Å². The Morgan fingerprint density at radius 3 is 1.83 bits per heavy atom. The van der Waals surface area contributed by atoms with Gasteiger partial charge in [-0.3, -0.25) is 58.5 Å². The summed E-state index contributed by atoms with van der Waals surface area (Å²) in [6.45, 7) is 17.4. The number of primary amides is 1. The Hall–Kier alpha value is -10.4. The van der Waals surface area contributed by atoms with Gasteiger partial charge in [0.2, 0.25) is 47.3 Å². The van der Waals surface area contributed by atoms with Crippen molar-refractivity contribution < 1.29 is 116 Å². The monoisotopic (exact) mass is 2050 g/mol. The molecule has 4 heterocycles. The fourth-order valence-electron chi connectivity index (χ4n) is 23.1. The number of ether oxygens (including phenoxy) is 9. The number of amides is 10. The number of nitrogens with one attached hydrogen (secondary N) is 12. The van der Waals surface area contributed by atoms with Gasteiger partial charge in [0, 0.05) is 74.6 Å². The van der Waals surface area contributed by atoms with Crippen LogP contribution in [0.15, 0.2) is 96.3 Å². The van der Waals surface area contributed by atoms with Crippen molar-refractivity contribution in [3.8, 4) is 5.75 Å². The summed E-state index contributed by atoms with van der Waals surface area (Å²) >= 11 is 0. The van der Waals surface area contributed by atoms with E-state index in [4.69, 9.17) is 48.4 Å². The van der Waals surface area contributed by atoms with Crippen molar-refractivity contribution in [3.05, 3.63) is 135 Å². The molecule has 15 atom stereocenters. The SMILES string of the molecule is CNCCOCCOCCOCCN1NNC2=C1c1ccccc1CN(C(=O)CCC(=O)NCCOCCOCCOCCOCCC(=O)N[C@H](CCCCNC(=O)COC1CCCCCC3=C1NNN3[C@@H]1O[C@H](CO)[C@H](O)[C@H](O)[C@H]1O)C(=O)N[C@H](C(=O)C[C@@H](CCCNC(N)=O)C(=O)Nc1ccc3c(c1)[C@@]1(C)CCC[C@](C)(C(=O)NC(=O)[C@@]4(C)CCC[C@]5(C)c6cc(O)ccc6CC[C@@H]45)[C@@H]1CC3)C(C)C)c1ccccc12. The minimum atomic E-state index is -1.61. The number of benzene rings is 4. The van der Waals surface area contributed by atoms with E-state index in [2.05, 4.69) is 78.3 Å². The van der Waals surface area contributed by atoms with E-state index in [0.29, 0.717) is 127 Å². The zero-order valence-electron chi connectivity index (χ0n) is 86.4. The zero-order valence-corrected chi connectivity index (χ0v) is 86.4. The van der Waals surface area contributed by atoms with Gasteiger partial charge in [0.25, 0.3) is 0 Å². The molecule has 0 spiro atoms. The van der Waals surface area contributed by atoms with Crippen LogP contribution in [-0.4, -0.2) is 289 Å². The van der Waals surface area contributed by atoms with E-state index in [1.54, 1.807) is 24.8 Å². The third-order valence-electron chi connectivity index (χ3n) is 31.0. The van der Waals surface area contributed by atoms with Crippen LogP contribution < -0.4 is 75.1 Å². The summed E-state index contributed by atoms with van der Waals surface area (Å²) in [5.41, 5.74) is 26.8. The molecule has 10 amide bonds. The van der Waals surface area contributed by atoms with Crippen molar-refractivity contribution in [1.82, 2.24) is 69.2 Å². The summed E-state index contributed by atoms with van der Waals surface area (Å²) in [5.74, 6) is -5.11. The fraction of sp³-hybridized carbons (Fsp3) is 0.645. The predicted molar refractivity (Wildman–Crippen MR) is 546 cm³/mol. The number of nitrogens with two attached hydrogens (primary N) is 1. The fourth-order valence-corrected chi connectivity index (χ4v) is 23.1. The van der Waals surface area contributed by atoms with Crippen LogP contribution in [0.1, 0.15) is 222 Å². The Morgan fingerprint density at radius 2 is 1.17 bits per heavy atom. The third-order valence-corrected chi connectivity index (χ3v) is 31.0. The van der Waals surface area contributed by atoms with E-state index in [1.165, 1.54) is 10.6 Å². The van der Waals surface area contributed by atoms with Crippen molar-refractivity contribution in [1.29, 1.82) is 0 Å². The first-order valence-electron chi connectivity index (χ1n) is 52.9. The van der Waals surface area contributed by atoms with E-state index in [9.17, 15) is 68.7 Å². The molecular weight excluding hydrogens is 1890 g/mol. The molecule has 1 saturated heterocycles. The highest BCUT2D eigenvalue weighted by Gasteiger charge is 2.59. The van der Waals surface area contributed by atoms with Gasteiger partial charge in [0.05, 0.1) is 158 Å². The average Bonchev–Trinajstić information content (AvgIpc) is 1.39. The number of likely N-dealkylation sites (N-methyl/N-ethyl adjacent to an activating group) is 1. The number of nitrogens with zero attached hydrogens (tertiary/aromatic N) is 3. The molecule has 0 bridgehead atoms. The molecule has 13 rings (SSSR count). The molecule has 5 aliphatic carbocycles. The van der Waals surface area contributed by atoms with Gasteiger partial charge >= 0.3 is 6.03 Å². The molecule has 147 heavy (non-hydrogen) atoms. The number of phenolic OH excluding ortho intramolecular Hbond substituents is 1. The second-order valence-electron chi connectivity index (χ2n) is 41.4. The largest absolute Gasteiger partial charge is 0.508 e. The first-order chi connectivity index (χ1) is 70.9. The molecule has 40 heteroatoms. The van der Waals surface area contributed by atoms with Crippen LogP contribution in [0.4, 0.5) is 16.2 Å². The lowest BCUT2D eigenvalue weighted by Crippen LogP contribution is -2.64. The number of unbranched alkanes of at least 4 members (excludes halogenated alkanes) is 1. The van der Waals surface area contributed by atoms with Gasteiger partial charge in [-0.05, 0) is 197 Å². The van der Waals surface area contributed by atoms with Crippen molar-refractivity contribution in [2.75, 3.05) is 156 Å². The number of urea groups is 1. The lowest BCUT2D eigenvalue weighted by Gasteiger charge is -2.56. The molecule has 3 fully saturated rings. The van der Waals surface area contributed by atoms with E-state index < -0.39 is 119 Å². The van der Waals surface area contributed by atoms with Crippen LogP contribution in [0, 0.1) is 34.5 Å². The van der Waals surface area contributed by atoms with Gasteiger partial charge in [-0.25, -0.2) is 4.79 Å². The zero-order chi connectivity index (χ0) is 105. The molecular formula is C107H158N16O24. The Balaban J connectivity index is 0.565. The molecule has 9 aliphatic rings. The number of aliphatic hydroxyl groups is 4. The van der Waals surface area contributed by atoms with Crippen LogP contribution in [0.5, 0.6) is 5.75 Å². The highest BCUT2D eigenvalue weighted by Crippen LogP contribution is 2.60. The highest BCUT2D eigenvalue weighted by atomic mass is 16.6. The van der Waals surface area contributed by atoms with Crippen molar-refractivity contribution in [2.45, 2.75) is 262 Å². The second kappa shape index (κ2) is 54.9. The normalized spacial score (nSPS) is 24.6. The highest BCUT2D eigenvalue weighted by molar-refractivity contribution is 6.04. The maximum atomic E-state index is 15.1. The minimum Gasteiger partial charge on any atom is -0.508 e. The number of ketones is 1. The van der Waals surface area contributed by atoms with Gasteiger partial charge < -0.3 is 127 Å². The average molecular weight is 2050 g/mol. The molecule has 4 aliphatic heterocycles. The molecule has 810 valence electrons. The number of aromatic hydroxyl groups is 1. The number of hydrogen-bond donors (Lipinski definition) is 18. The number of phenols is 1. The number of carbonyl (C=O) groups excluding carboxylic acids is 10. The summed E-state index contributed by atoms with van der Waals surface area (Å²) in [6.07, 6.45) is 3.59. The standard InChI is InChI=1S/C107H158N16O24/c1-68(2)91(82(126)62-71(21-17-44-112-103(108)138)98(134)113-73-32-28-69-30-34-85-104(3,77(69)63-73)39-18-41-106(85,5)101(136)116-102(137)107(6)42-19-40-105(4)78-64-74(125)33-29-70(78)31-35-86(105)107)115-99(135)79(24-15-16-43-110-89(129)67-146-83-27-10-8-9-26-81-93(83)118-120-123(81)100-97(133)96(132)95(131)84(66-124)147-100)114-88(128)38-48-139-52-56-143-60-61-145-58-54-141-50-46-111-87(127)36-37-90(130)121-65-72-20-11-12-22-75(72)94-92(76-23-13-14-25-80(76)121)117-119-122(94)47-51-142-55-59-144-57-53-140-49-45-109-7/h11-14,20,22-23,25,28-29,32-33,63-64,68,71,79,83-86,91,95-97,100,109,117-120,124-125,131-133H,8-10,15-19,21,24,26-27,30-31,34-62,65-67H2,1-7H3,(H,110,129)(H,111,127)(H,113,134)(H,114,128)(H,115,135)(H3,108,112,138)(H,116,136,137)/t71-,79-,83?,84-,85-,86-,91+,95+,96+,97-,100-,104-,105-,106+,107+/m1/s1. The van der Waals surface area contributed by atoms with E-state index >= 15 is 4.79 Å². The molecule has 4 aromatic carbocycles. The van der Waals surface area contributed by atoms with Crippen LogP contribution in [0.2, 0.25) is 0 Å². The number of carbonyl (C=O) groups is 10. The summed E-state index contributed by atoms with van der Waals surface area (Å²) in [7, 11) is 1.88. The number of aliphatic hydroxyl groups excluding tert-OH is 4. The molecule has 40 nitrogen and oxygen atoms in total. The number of para-hydroxylation sites is 1. The molecule has 0 radical (unpaired) electrons. The third kappa shape index (κ3) is 29.3. The summed E-state index contributed by atoms with van der Waals surface area (Å²) < 4.78 is 52.2. The maximum absolute atomic E-state index is 15.1. The van der Waals surface area contributed by atoms with Gasteiger partial charge in [0.1, 0.15) is 48.9 Å². The van der Waals surface area contributed by atoms with Crippen LogP contribution in [0.25, 0.3) is 11.4 Å². The Morgan fingerprint density at radius 1 is 0.558 bits per heavy atom. The topological polar surface area (TPSA) is 535 Å². The van der Waals surface area contributed by atoms with Gasteiger partial charge in [-0.2, -0.15) is 0 Å². The van der Waals surface area contributed by atoms with E-state index in [1.807, 2.05) is 105 Å². The summed E-state index contributed by atoms with van der Waals surface area (Å²) in [4.78, 5) is 143. The van der Waals surface area contributed by atoms with Crippen LogP contribution in [-0.2, 0) is 116 Å². The summed E-state index contributed by atoms with van der Waals surface area (Å²) in [6, 6.07) is 23.9.